The molecular formula is C45H25N5. The van der Waals surface area contributed by atoms with E-state index >= 15 is 0 Å². The molecule has 0 spiro atoms. The van der Waals surface area contributed by atoms with Crippen molar-refractivity contribution >= 4 is 43.6 Å². The molecule has 2 aromatic heterocycles. The van der Waals surface area contributed by atoms with E-state index in [0.29, 0.717) is 16.7 Å². The van der Waals surface area contributed by atoms with Crippen molar-refractivity contribution in [2.24, 2.45) is 0 Å². The van der Waals surface area contributed by atoms with Gasteiger partial charge in [0.25, 0.3) is 0 Å². The summed E-state index contributed by atoms with van der Waals surface area (Å²) in [5.41, 5.74) is 11.4. The van der Waals surface area contributed by atoms with Gasteiger partial charge in [-0.2, -0.15) is 15.8 Å². The van der Waals surface area contributed by atoms with Crippen molar-refractivity contribution in [2.45, 2.75) is 0 Å². The highest BCUT2D eigenvalue weighted by molar-refractivity contribution is 6.12. The van der Waals surface area contributed by atoms with Crippen LogP contribution in [0.3, 0.4) is 0 Å². The molecule has 9 aromatic rings. The second-order valence-electron chi connectivity index (χ2n) is 12.3. The Balaban J connectivity index is 1.26. The highest BCUT2D eigenvalue weighted by Gasteiger charge is 2.21. The predicted octanol–water partition coefficient (Wildman–Crippen LogP) is 10.8. The summed E-state index contributed by atoms with van der Waals surface area (Å²) < 4.78 is 4.41. The van der Waals surface area contributed by atoms with Gasteiger partial charge in [-0.05, 0) is 83.4 Å². The van der Waals surface area contributed by atoms with Crippen LogP contribution in [0, 0.1) is 34.0 Å². The summed E-state index contributed by atoms with van der Waals surface area (Å²) in [7, 11) is 0. The van der Waals surface area contributed by atoms with Gasteiger partial charge in [-0.3, -0.25) is 0 Å². The normalized spacial score (nSPS) is 11.1. The van der Waals surface area contributed by atoms with Gasteiger partial charge in [0, 0.05) is 32.8 Å². The zero-order valence-corrected chi connectivity index (χ0v) is 26.7. The lowest BCUT2D eigenvalue weighted by molar-refractivity contribution is 1.17. The van der Waals surface area contributed by atoms with Crippen molar-refractivity contribution in [3.8, 4) is 51.8 Å². The molecule has 0 aliphatic rings. The molecule has 2 heterocycles. The Morgan fingerprint density at radius 1 is 0.400 bits per heavy atom. The van der Waals surface area contributed by atoms with Crippen LogP contribution < -0.4 is 0 Å². The average Bonchev–Trinajstić information content (AvgIpc) is 3.70. The number of rotatable bonds is 4. The van der Waals surface area contributed by atoms with Gasteiger partial charge in [-0.25, -0.2) is 0 Å². The van der Waals surface area contributed by atoms with Gasteiger partial charge in [-0.15, -0.1) is 0 Å². The maximum atomic E-state index is 10.2. The van der Waals surface area contributed by atoms with Crippen LogP contribution in [-0.4, -0.2) is 9.13 Å². The molecule has 9 rings (SSSR count). The summed E-state index contributed by atoms with van der Waals surface area (Å²) in [4.78, 5) is 0. The van der Waals surface area contributed by atoms with Crippen LogP contribution in [0.4, 0.5) is 0 Å². The molecule has 7 aromatic carbocycles. The number of para-hydroxylation sites is 3. The Hall–Kier alpha value is -7.39. The smallest absolute Gasteiger partial charge is 0.101 e. The van der Waals surface area contributed by atoms with E-state index in [-0.39, 0.29) is 0 Å². The quantitative estimate of drug-likeness (QED) is 0.193. The van der Waals surface area contributed by atoms with Crippen LogP contribution in [-0.2, 0) is 0 Å². The van der Waals surface area contributed by atoms with Crippen molar-refractivity contribution in [2.75, 3.05) is 0 Å². The van der Waals surface area contributed by atoms with E-state index < -0.39 is 0 Å². The van der Waals surface area contributed by atoms with Gasteiger partial charge in [-0.1, -0.05) is 84.9 Å². The van der Waals surface area contributed by atoms with Crippen LogP contribution >= 0.6 is 0 Å². The minimum atomic E-state index is 0.529. The fourth-order valence-corrected chi connectivity index (χ4v) is 7.46. The molecule has 0 bridgehead atoms. The average molecular weight is 636 g/mol. The zero-order chi connectivity index (χ0) is 33.8. The number of nitriles is 3. The first-order valence-electron chi connectivity index (χ1n) is 16.3. The largest absolute Gasteiger partial charge is 0.309 e. The van der Waals surface area contributed by atoms with Gasteiger partial charge < -0.3 is 9.13 Å². The summed E-state index contributed by atoms with van der Waals surface area (Å²) >= 11 is 0. The third-order valence-corrected chi connectivity index (χ3v) is 9.64. The SMILES string of the molecule is N#Cc1ccc(-n2c3ccc(C#N)cc3c3cccc(C#N)c32)c(-c2ccccc2-c2ccc(-n3c4ccccc4c4ccccc43)cc2)c1. The summed E-state index contributed by atoms with van der Waals surface area (Å²) in [6.07, 6.45) is 0. The number of fused-ring (bicyclic) bond motifs is 6. The lowest BCUT2D eigenvalue weighted by atomic mass is 9.92. The first-order valence-corrected chi connectivity index (χ1v) is 16.3. The summed E-state index contributed by atoms with van der Waals surface area (Å²) in [6.45, 7) is 0. The first-order chi connectivity index (χ1) is 24.7. The van der Waals surface area contributed by atoms with E-state index in [1.54, 1.807) is 6.07 Å². The molecule has 0 saturated carbocycles. The molecule has 50 heavy (non-hydrogen) atoms. The third-order valence-electron chi connectivity index (χ3n) is 9.64. The third kappa shape index (κ3) is 4.31. The van der Waals surface area contributed by atoms with Crippen LogP contribution in [0.5, 0.6) is 0 Å². The monoisotopic (exact) mass is 635 g/mol. The Bertz CT molecular complexity index is 2900. The lowest BCUT2D eigenvalue weighted by Gasteiger charge is -2.18. The molecule has 5 heteroatoms. The lowest BCUT2D eigenvalue weighted by Crippen LogP contribution is -2.00. The Morgan fingerprint density at radius 2 is 1.00 bits per heavy atom. The molecular weight excluding hydrogens is 611 g/mol. The number of hydrogen-bond donors (Lipinski definition) is 0. The van der Waals surface area contributed by atoms with Crippen LogP contribution in [0.2, 0.25) is 0 Å². The molecule has 0 atom stereocenters. The van der Waals surface area contributed by atoms with E-state index in [1.807, 2.05) is 60.7 Å². The standard InChI is InChI=1S/C45H25N5/c46-26-29-16-22-43(50-44-23-17-30(27-47)25-40(44)38-13-7-8-32(28-48)45(38)50)39(24-29)35-10-2-1-9-34(35)31-18-20-33(21-19-31)49-41-14-5-3-11-36(41)37-12-4-6-15-42(37)49/h1-25H. The molecule has 0 aliphatic heterocycles. The minimum absolute atomic E-state index is 0.529. The molecule has 0 unspecified atom stereocenters. The van der Waals surface area contributed by atoms with E-state index in [1.165, 1.54) is 10.8 Å². The number of aromatic nitrogens is 2. The molecule has 5 nitrogen and oxygen atoms in total. The zero-order valence-electron chi connectivity index (χ0n) is 26.7. The first kappa shape index (κ1) is 28.8. The molecule has 0 N–H and O–H groups in total. The molecule has 230 valence electrons. The van der Waals surface area contributed by atoms with Crippen LogP contribution in [0.25, 0.3) is 77.2 Å². The topological polar surface area (TPSA) is 81.2 Å². The molecule has 0 amide bonds. The van der Waals surface area contributed by atoms with Crippen molar-refractivity contribution in [3.05, 3.63) is 168 Å². The van der Waals surface area contributed by atoms with Gasteiger partial charge in [0.1, 0.15) is 6.07 Å². The van der Waals surface area contributed by atoms with E-state index in [4.69, 9.17) is 0 Å². The second-order valence-corrected chi connectivity index (χ2v) is 12.3. The van der Waals surface area contributed by atoms with Crippen LogP contribution in [0.15, 0.2) is 152 Å². The van der Waals surface area contributed by atoms with Gasteiger partial charge in [0.15, 0.2) is 0 Å². The van der Waals surface area contributed by atoms with Crippen molar-refractivity contribution in [1.29, 1.82) is 15.8 Å². The highest BCUT2D eigenvalue weighted by Crippen LogP contribution is 2.41. The molecule has 0 saturated heterocycles. The van der Waals surface area contributed by atoms with Crippen molar-refractivity contribution < 1.29 is 0 Å². The maximum Gasteiger partial charge on any atom is 0.101 e. The van der Waals surface area contributed by atoms with E-state index in [9.17, 15) is 15.8 Å². The predicted molar refractivity (Wildman–Crippen MR) is 200 cm³/mol. The fourth-order valence-electron chi connectivity index (χ4n) is 7.46. The molecule has 0 radical (unpaired) electrons. The molecule has 0 fully saturated rings. The minimum Gasteiger partial charge on any atom is -0.309 e. The Labute approximate surface area is 287 Å². The van der Waals surface area contributed by atoms with Crippen LogP contribution in [0.1, 0.15) is 16.7 Å². The summed E-state index contributed by atoms with van der Waals surface area (Å²) in [6, 6.07) is 57.9. The summed E-state index contributed by atoms with van der Waals surface area (Å²) in [5, 5.41) is 34.2. The fraction of sp³-hybridized carbons (Fsp3) is 0. The van der Waals surface area contributed by atoms with Crippen molar-refractivity contribution in [1.82, 2.24) is 9.13 Å². The Morgan fingerprint density at radius 3 is 1.70 bits per heavy atom. The van der Waals surface area contributed by atoms with Crippen molar-refractivity contribution in [3.63, 3.8) is 0 Å². The number of hydrogen-bond acceptors (Lipinski definition) is 3. The second kappa shape index (κ2) is 11.4. The Kier molecular flexibility index (Phi) is 6.56. The van der Waals surface area contributed by atoms with Gasteiger partial charge in [0.05, 0.1) is 56.6 Å². The highest BCUT2D eigenvalue weighted by atomic mass is 15.0. The molecule has 0 aliphatic carbocycles. The van der Waals surface area contributed by atoms with E-state index in [2.05, 4.69) is 112 Å². The maximum absolute atomic E-state index is 10.2. The van der Waals surface area contributed by atoms with Gasteiger partial charge >= 0.3 is 0 Å². The number of nitrogens with zero attached hydrogens (tertiary/aromatic N) is 5. The van der Waals surface area contributed by atoms with E-state index in [0.717, 1.165) is 66.5 Å². The van der Waals surface area contributed by atoms with Gasteiger partial charge in [0.2, 0.25) is 0 Å². The number of benzene rings is 7. The summed E-state index contributed by atoms with van der Waals surface area (Å²) in [5.74, 6) is 0.